The molecule has 0 spiro atoms. The lowest BCUT2D eigenvalue weighted by Crippen LogP contribution is -2.34. The van der Waals surface area contributed by atoms with E-state index in [0.29, 0.717) is 25.1 Å². The first-order valence-electron chi connectivity index (χ1n) is 9.87. The quantitative estimate of drug-likeness (QED) is 0.775. The Morgan fingerprint density at radius 3 is 2.68 bits per heavy atom. The monoisotopic (exact) mass is 391 g/mol. The number of likely N-dealkylation sites (tertiary alicyclic amines) is 1. The van der Waals surface area contributed by atoms with Crippen molar-refractivity contribution in [3.63, 3.8) is 0 Å². The Bertz CT molecular complexity index is 888. The topological polar surface area (TPSA) is 38.1 Å². The van der Waals surface area contributed by atoms with Crippen molar-refractivity contribution in [3.05, 3.63) is 52.3 Å². The van der Waals surface area contributed by atoms with E-state index in [1.165, 1.54) is 4.68 Å². The third-order valence-corrected chi connectivity index (χ3v) is 5.93. The van der Waals surface area contributed by atoms with E-state index in [4.69, 9.17) is 0 Å². The summed E-state index contributed by atoms with van der Waals surface area (Å²) in [5, 5.41) is 3.83. The van der Waals surface area contributed by atoms with E-state index in [2.05, 4.69) is 5.10 Å². The van der Waals surface area contributed by atoms with Crippen LogP contribution in [0.5, 0.6) is 0 Å². The number of aryl methyl sites for hydroxylation is 1. The second kappa shape index (κ2) is 7.26. The number of aromatic nitrogens is 2. The molecule has 1 saturated heterocycles. The van der Waals surface area contributed by atoms with E-state index >= 15 is 0 Å². The first-order valence-corrected chi connectivity index (χ1v) is 9.87. The lowest BCUT2D eigenvalue weighted by atomic mass is 9.95. The molecule has 1 unspecified atom stereocenters. The molecule has 0 bridgehead atoms. The molecule has 4 nitrogen and oxygen atoms in total. The van der Waals surface area contributed by atoms with Gasteiger partial charge in [-0.3, -0.25) is 9.48 Å². The van der Waals surface area contributed by atoms with Crippen molar-refractivity contribution in [2.24, 2.45) is 0 Å². The molecular weight excluding hydrogens is 367 g/mol. The Balaban J connectivity index is 1.60. The van der Waals surface area contributed by atoms with E-state index < -0.39 is 11.9 Å². The Morgan fingerprint density at radius 1 is 1.18 bits per heavy atom. The van der Waals surface area contributed by atoms with Crippen LogP contribution < -0.4 is 0 Å². The van der Waals surface area contributed by atoms with Gasteiger partial charge in [0.1, 0.15) is 6.54 Å². The van der Waals surface area contributed by atoms with Gasteiger partial charge in [-0.2, -0.15) is 18.3 Å². The van der Waals surface area contributed by atoms with Crippen LogP contribution in [0.15, 0.2) is 24.3 Å². The molecule has 7 heteroatoms. The Morgan fingerprint density at radius 2 is 1.93 bits per heavy atom. The Hall–Kier alpha value is -2.31. The number of benzene rings is 1. The van der Waals surface area contributed by atoms with Crippen molar-refractivity contribution >= 4 is 5.91 Å². The van der Waals surface area contributed by atoms with Crippen LogP contribution in [0, 0.1) is 6.92 Å². The summed E-state index contributed by atoms with van der Waals surface area (Å²) >= 11 is 0. The summed E-state index contributed by atoms with van der Waals surface area (Å²) in [6.07, 6.45) is -0.206. The van der Waals surface area contributed by atoms with E-state index in [1.807, 2.05) is 36.1 Å². The number of hydrogen-bond donors (Lipinski definition) is 0. The third kappa shape index (κ3) is 3.42. The van der Waals surface area contributed by atoms with Crippen LogP contribution in [-0.4, -0.2) is 27.1 Å². The highest BCUT2D eigenvalue weighted by Crippen LogP contribution is 2.37. The van der Waals surface area contributed by atoms with E-state index in [0.717, 1.165) is 36.8 Å². The van der Waals surface area contributed by atoms with Gasteiger partial charge in [-0.15, -0.1) is 0 Å². The van der Waals surface area contributed by atoms with Gasteiger partial charge < -0.3 is 4.90 Å². The van der Waals surface area contributed by atoms with Gasteiger partial charge in [0, 0.05) is 17.8 Å². The molecule has 1 atom stereocenters. The number of halogens is 3. The van der Waals surface area contributed by atoms with Crippen LogP contribution in [-0.2, 0) is 30.4 Å². The van der Waals surface area contributed by atoms with E-state index in [-0.39, 0.29) is 24.1 Å². The minimum absolute atomic E-state index is 0.0119. The molecule has 4 rings (SSSR count). The normalized spacial score (nSPS) is 19.7. The number of alkyl halides is 3. The fourth-order valence-corrected chi connectivity index (χ4v) is 4.60. The molecule has 0 saturated carbocycles. The molecule has 1 aromatic carbocycles. The van der Waals surface area contributed by atoms with Gasteiger partial charge in [-0.05, 0) is 56.6 Å². The lowest BCUT2D eigenvalue weighted by molar-refractivity contribution is -0.142. The highest BCUT2D eigenvalue weighted by molar-refractivity contribution is 5.77. The van der Waals surface area contributed by atoms with E-state index in [9.17, 15) is 18.0 Å². The van der Waals surface area contributed by atoms with Crippen molar-refractivity contribution in [1.82, 2.24) is 14.7 Å². The lowest BCUT2D eigenvalue weighted by Gasteiger charge is -2.27. The summed E-state index contributed by atoms with van der Waals surface area (Å²) in [6, 6.07) is 7.97. The van der Waals surface area contributed by atoms with Crippen molar-refractivity contribution in [2.75, 3.05) is 6.54 Å². The number of amides is 1. The summed E-state index contributed by atoms with van der Waals surface area (Å²) in [6.45, 7) is 2.53. The van der Waals surface area contributed by atoms with Gasteiger partial charge in [-0.25, -0.2) is 0 Å². The van der Waals surface area contributed by atoms with E-state index in [1.54, 1.807) is 0 Å². The molecular formula is C21H24F3N3O. The molecule has 1 aromatic heterocycles. The Labute approximate surface area is 162 Å². The predicted molar refractivity (Wildman–Crippen MR) is 98.7 cm³/mol. The fraction of sp³-hybridized carbons (Fsp3) is 0.524. The molecule has 2 aliphatic rings. The number of fused-ring (bicyclic) bond motifs is 1. The first-order chi connectivity index (χ1) is 13.4. The van der Waals surface area contributed by atoms with Gasteiger partial charge in [0.25, 0.3) is 0 Å². The minimum atomic E-state index is -4.48. The van der Waals surface area contributed by atoms with Crippen molar-refractivity contribution < 1.29 is 18.0 Å². The van der Waals surface area contributed by atoms with Crippen LogP contribution in [0.4, 0.5) is 13.2 Å². The number of nitrogens with zero attached hydrogens (tertiary/aromatic N) is 3. The largest absolute Gasteiger partial charge is 0.435 e. The SMILES string of the molecule is Cc1ccccc1C1CCCN1C(=O)Cn1nc(C(F)(F)F)c2c1CCCC2. The average Bonchev–Trinajstić information content (AvgIpc) is 3.27. The average molecular weight is 391 g/mol. The molecule has 150 valence electrons. The zero-order valence-electron chi connectivity index (χ0n) is 15.9. The second-order valence-corrected chi connectivity index (χ2v) is 7.74. The van der Waals surface area contributed by atoms with Gasteiger partial charge in [0.2, 0.25) is 5.91 Å². The number of carbonyl (C=O) groups is 1. The van der Waals surface area contributed by atoms with Gasteiger partial charge in [0.15, 0.2) is 5.69 Å². The number of carbonyl (C=O) groups excluding carboxylic acids is 1. The summed E-state index contributed by atoms with van der Waals surface area (Å²) in [5.41, 5.74) is 2.30. The van der Waals surface area contributed by atoms with Gasteiger partial charge >= 0.3 is 6.18 Å². The highest BCUT2D eigenvalue weighted by Gasteiger charge is 2.40. The molecule has 2 aromatic rings. The molecule has 28 heavy (non-hydrogen) atoms. The second-order valence-electron chi connectivity index (χ2n) is 7.74. The highest BCUT2D eigenvalue weighted by atomic mass is 19.4. The molecule has 0 radical (unpaired) electrons. The van der Waals surface area contributed by atoms with Crippen LogP contribution in [0.1, 0.15) is 59.8 Å². The maximum atomic E-state index is 13.4. The molecule has 1 aliphatic carbocycles. The first kappa shape index (κ1) is 19.0. The van der Waals surface area contributed by atoms with Crippen LogP contribution in [0.3, 0.4) is 0 Å². The Kier molecular flexibility index (Phi) is 4.93. The third-order valence-electron chi connectivity index (χ3n) is 5.93. The van der Waals surface area contributed by atoms with Gasteiger partial charge in [-0.1, -0.05) is 24.3 Å². The summed E-state index contributed by atoms with van der Waals surface area (Å²) < 4.78 is 41.5. The maximum absolute atomic E-state index is 13.4. The number of hydrogen-bond acceptors (Lipinski definition) is 2. The number of rotatable bonds is 3. The van der Waals surface area contributed by atoms with Crippen LogP contribution >= 0.6 is 0 Å². The zero-order valence-corrected chi connectivity index (χ0v) is 15.9. The van der Waals surface area contributed by atoms with Gasteiger partial charge in [0.05, 0.1) is 6.04 Å². The van der Waals surface area contributed by atoms with Crippen LogP contribution in [0.25, 0.3) is 0 Å². The van der Waals surface area contributed by atoms with Crippen LogP contribution in [0.2, 0.25) is 0 Å². The van der Waals surface area contributed by atoms with Crippen molar-refractivity contribution in [1.29, 1.82) is 0 Å². The summed E-state index contributed by atoms with van der Waals surface area (Å²) in [5.74, 6) is -0.157. The maximum Gasteiger partial charge on any atom is 0.435 e. The van der Waals surface area contributed by atoms with Crippen molar-refractivity contribution in [3.8, 4) is 0 Å². The van der Waals surface area contributed by atoms with Crippen molar-refractivity contribution in [2.45, 2.75) is 64.2 Å². The molecule has 1 aliphatic heterocycles. The summed E-state index contributed by atoms with van der Waals surface area (Å²) in [4.78, 5) is 14.9. The minimum Gasteiger partial charge on any atom is -0.334 e. The molecule has 1 amide bonds. The standard InChI is InChI=1S/C21H24F3N3O/c1-14-7-2-3-8-15(14)17-11-6-12-26(17)19(28)13-27-18-10-5-4-9-16(18)20(25-27)21(22,23)24/h2-3,7-8,17H,4-6,9-13H2,1H3. The summed E-state index contributed by atoms with van der Waals surface area (Å²) in [7, 11) is 0. The molecule has 0 N–H and O–H groups in total. The smallest absolute Gasteiger partial charge is 0.334 e. The molecule has 1 fully saturated rings. The molecule has 2 heterocycles. The zero-order chi connectivity index (χ0) is 19.9. The predicted octanol–water partition coefficient (Wildman–Crippen LogP) is 4.45. The fourth-order valence-electron chi connectivity index (χ4n) is 4.60.